The number of likely N-dealkylation sites (tertiary alicyclic amines) is 1. The van der Waals surface area contributed by atoms with Crippen LogP contribution in [0.3, 0.4) is 0 Å². The highest BCUT2D eigenvalue weighted by molar-refractivity contribution is 4.83. The van der Waals surface area contributed by atoms with Crippen molar-refractivity contribution in [3.8, 4) is 0 Å². The zero-order chi connectivity index (χ0) is 10.7. The van der Waals surface area contributed by atoms with E-state index in [-0.39, 0.29) is 12.1 Å². The van der Waals surface area contributed by atoms with Crippen LogP contribution in [-0.4, -0.2) is 41.8 Å². The Bertz CT molecular complexity index is 173. The standard InChI is InChI=1S/C11H24N2O/c1-8-4-5-13(7-11(8)6-12)9(2)10(3)14/h8-11,14H,4-7,12H2,1-3H3. The van der Waals surface area contributed by atoms with E-state index in [1.54, 1.807) is 0 Å². The molecule has 0 aromatic heterocycles. The monoisotopic (exact) mass is 200 g/mol. The van der Waals surface area contributed by atoms with Gasteiger partial charge < -0.3 is 10.8 Å². The minimum Gasteiger partial charge on any atom is -0.392 e. The van der Waals surface area contributed by atoms with Crippen molar-refractivity contribution >= 4 is 0 Å². The van der Waals surface area contributed by atoms with Crippen LogP contribution in [0, 0.1) is 11.8 Å². The van der Waals surface area contributed by atoms with Crippen molar-refractivity contribution in [2.24, 2.45) is 17.6 Å². The minimum atomic E-state index is -0.248. The van der Waals surface area contributed by atoms with E-state index in [1.165, 1.54) is 6.42 Å². The molecular weight excluding hydrogens is 176 g/mol. The SMILES string of the molecule is CC(O)C(C)N1CCC(C)C(CN)C1. The molecule has 1 heterocycles. The van der Waals surface area contributed by atoms with E-state index >= 15 is 0 Å². The van der Waals surface area contributed by atoms with Crippen LogP contribution in [0.25, 0.3) is 0 Å². The smallest absolute Gasteiger partial charge is 0.0664 e. The quantitative estimate of drug-likeness (QED) is 0.704. The summed E-state index contributed by atoms with van der Waals surface area (Å²) in [4.78, 5) is 2.36. The molecule has 1 rings (SSSR count). The Morgan fingerprint density at radius 3 is 2.64 bits per heavy atom. The van der Waals surface area contributed by atoms with Crippen LogP contribution < -0.4 is 5.73 Å². The summed E-state index contributed by atoms with van der Waals surface area (Å²) in [5.74, 6) is 1.34. The lowest BCUT2D eigenvalue weighted by atomic mass is 9.86. The first-order valence-electron chi connectivity index (χ1n) is 5.68. The molecule has 1 saturated heterocycles. The summed E-state index contributed by atoms with van der Waals surface area (Å²) in [6, 6.07) is 0.261. The highest BCUT2D eigenvalue weighted by atomic mass is 16.3. The number of aliphatic hydroxyl groups excluding tert-OH is 1. The van der Waals surface area contributed by atoms with Crippen molar-refractivity contribution in [1.82, 2.24) is 4.90 Å². The number of aliphatic hydroxyl groups is 1. The fourth-order valence-electron chi connectivity index (χ4n) is 2.16. The molecule has 4 atom stereocenters. The first kappa shape index (κ1) is 12.0. The zero-order valence-corrected chi connectivity index (χ0v) is 9.61. The van der Waals surface area contributed by atoms with Crippen LogP contribution in [0.2, 0.25) is 0 Å². The van der Waals surface area contributed by atoms with E-state index in [9.17, 15) is 5.11 Å². The second-order valence-corrected chi connectivity index (χ2v) is 4.74. The first-order valence-corrected chi connectivity index (χ1v) is 5.68. The molecule has 3 N–H and O–H groups in total. The van der Waals surface area contributed by atoms with Gasteiger partial charge in [0, 0.05) is 12.6 Å². The van der Waals surface area contributed by atoms with Gasteiger partial charge in [0.2, 0.25) is 0 Å². The number of hydrogen-bond donors (Lipinski definition) is 2. The third-order valence-corrected chi connectivity index (χ3v) is 3.72. The van der Waals surface area contributed by atoms with Crippen LogP contribution in [0.1, 0.15) is 27.2 Å². The second-order valence-electron chi connectivity index (χ2n) is 4.74. The number of rotatable bonds is 3. The minimum absolute atomic E-state index is 0.248. The fourth-order valence-corrected chi connectivity index (χ4v) is 2.16. The van der Waals surface area contributed by atoms with Crippen LogP contribution in [0.15, 0.2) is 0 Å². The highest BCUT2D eigenvalue weighted by Crippen LogP contribution is 2.24. The van der Waals surface area contributed by atoms with Gasteiger partial charge in [-0.05, 0) is 45.2 Å². The zero-order valence-electron chi connectivity index (χ0n) is 9.61. The third kappa shape index (κ3) is 2.69. The number of hydrogen-bond acceptors (Lipinski definition) is 3. The van der Waals surface area contributed by atoms with Gasteiger partial charge in [0.1, 0.15) is 0 Å². The molecule has 1 aliphatic rings. The summed E-state index contributed by atoms with van der Waals surface area (Å²) in [7, 11) is 0. The lowest BCUT2D eigenvalue weighted by Gasteiger charge is -2.40. The third-order valence-electron chi connectivity index (χ3n) is 3.72. The molecule has 1 aliphatic heterocycles. The van der Waals surface area contributed by atoms with E-state index in [0.29, 0.717) is 5.92 Å². The summed E-state index contributed by atoms with van der Waals surface area (Å²) in [5, 5.41) is 9.53. The Labute approximate surface area is 87.3 Å². The van der Waals surface area contributed by atoms with Crippen molar-refractivity contribution in [1.29, 1.82) is 0 Å². The molecule has 1 fully saturated rings. The summed E-state index contributed by atoms with van der Waals surface area (Å²) in [5.41, 5.74) is 5.74. The van der Waals surface area contributed by atoms with Crippen molar-refractivity contribution in [3.05, 3.63) is 0 Å². The van der Waals surface area contributed by atoms with Crippen LogP contribution in [-0.2, 0) is 0 Å². The average molecular weight is 200 g/mol. The van der Waals surface area contributed by atoms with Crippen molar-refractivity contribution in [3.63, 3.8) is 0 Å². The van der Waals surface area contributed by atoms with E-state index in [2.05, 4.69) is 18.7 Å². The molecule has 14 heavy (non-hydrogen) atoms. The molecule has 3 heteroatoms. The molecule has 0 aromatic carbocycles. The van der Waals surface area contributed by atoms with Crippen LogP contribution >= 0.6 is 0 Å². The van der Waals surface area contributed by atoms with Gasteiger partial charge in [-0.3, -0.25) is 4.90 Å². The van der Waals surface area contributed by atoms with E-state index in [0.717, 1.165) is 25.6 Å². The molecule has 0 aromatic rings. The van der Waals surface area contributed by atoms with Gasteiger partial charge in [0.15, 0.2) is 0 Å². The summed E-state index contributed by atoms with van der Waals surface area (Å²) < 4.78 is 0. The number of piperidine rings is 1. The van der Waals surface area contributed by atoms with Gasteiger partial charge in [0.25, 0.3) is 0 Å². The molecule has 4 unspecified atom stereocenters. The Balaban J connectivity index is 2.49. The number of nitrogens with two attached hydrogens (primary N) is 1. The van der Waals surface area contributed by atoms with Crippen molar-refractivity contribution < 1.29 is 5.11 Å². The number of nitrogens with zero attached hydrogens (tertiary/aromatic N) is 1. The van der Waals surface area contributed by atoms with Gasteiger partial charge in [-0.2, -0.15) is 0 Å². The summed E-state index contributed by atoms with van der Waals surface area (Å²) in [6.07, 6.45) is 0.959. The molecule has 0 radical (unpaired) electrons. The molecule has 3 nitrogen and oxygen atoms in total. The van der Waals surface area contributed by atoms with Gasteiger partial charge in [0.05, 0.1) is 6.10 Å². The maximum Gasteiger partial charge on any atom is 0.0664 e. The van der Waals surface area contributed by atoms with Gasteiger partial charge >= 0.3 is 0 Å². The molecule has 0 amide bonds. The molecule has 0 aliphatic carbocycles. The predicted molar refractivity (Wildman–Crippen MR) is 59.0 cm³/mol. The Morgan fingerprint density at radius 1 is 1.50 bits per heavy atom. The van der Waals surface area contributed by atoms with E-state index in [1.807, 2.05) is 6.92 Å². The fraction of sp³-hybridized carbons (Fsp3) is 1.00. The summed E-state index contributed by atoms with van der Waals surface area (Å²) >= 11 is 0. The maximum absolute atomic E-state index is 9.53. The Hall–Kier alpha value is -0.120. The Morgan fingerprint density at radius 2 is 2.14 bits per heavy atom. The first-order chi connectivity index (χ1) is 6.56. The summed E-state index contributed by atoms with van der Waals surface area (Å²) in [6.45, 7) is 9.15. The molecule has 0 saturated carbocycles. The lowest BCUT2D eigenvalue weighted by molar-refractivity contribution is 0.0295. The average Bonchev–Trinajstić information content (AvgIpc) is 2.17. The topological polar surface area (TPSA) is 49.5 Å². The Kier molecular flexibility index (Phi) is 4.35. The van der Waals surface area contributed by atoms with Crippen molar-refractivity contribution in [2.75, 3.05) is 19.6 Å². The van der Waals surface area contributed by atoms with Crippen LogP contribution in [0.4, 0.5) is 0 Å². The largest absolute Gasteiger partial charge is 0.392 e. The van der Waals surface area contributed by atoms with E-state index < -0.39 is 0 Å². The van der Waals surface area contributed by atoms with Crippen molar-refractivity contribution in [2.45, 2.75) is 39.3 Å². The van der Waals surface area contributed by atoms with E-state index in [4.69, 9.17) is 5.73 Å². The molecule has 0 spiro atoms. The second kappa shape index (κ2) is 5.10. The predicted octanol–water partition coefficient (Wildman–Crippen LogP) is 0.672. The molecule has 0 bridgehead atoms. The highest BCUT2D eigenvalue weighted by Gasteiger charge is 2.28. The molecular formula is C11H24N2O. The normalized spacial score (nSPS) is 34.1. The molecule has 84 valence electrons. The van der Waals surface area contributed by atoms with Gasteiger partial charge in [-0.15, -0.1) is 0 Å². The van der Waals surface area contributed by atoms with Crippen LogP contribution in [0.5, 0.6) is 0 Å². The lowest BCUT2D eigenvalue weighted by Crippen LogP contribution is -2.49. The maximum atomic E-state index is 9.53. The van der Waals surface area contributed by atoms with Gasteiger partial charge in [-0.25, -0.2) is 0 Å². The van der Waals surface area contributed by atoms with Gasteiger partial charge in [-0.1, -0.05) is 6.92 Å².